The topological polar surface area (TPSA) is 70.2 Å². The van der Waals surface area contributed by atoms with Crippen molar-refractivity contribution in [1.82, 2.24) is 4.98 Å². The number of aromatic carboxylic acids is 1. The molecule has 0 aliphatic rings. The zero-order valence-electron chi connectivity index (χ0n) is 10.6. The molecule has 0 bridgehead atoms. The van der Waals surface area contributed by atoms with Gasteiger partial charge in [0.25, 0.3) is 5.56 Å². The van der Waals surface area contributed by atoms with Gasteiger partial charge in [0.2, 0.25) is 0 Å². The lowest BCUT2D eigenvalue weighted by Gasteiger charge is -2.19. The van der Waals surface area contributed by atoms with E-state index in [-0.39, 0.29) is 11.0 Å². The summed E-state index contributed by atoms with van der Waals surface area (Å²) in [5, 5.41) is 9.61. The number of hydrogen-bond acceptors (Lipinski definition) is 2. The van der Waals surface area contributed by atoms with E-state index in [0.717, 1.165) is 10.9 Å². The van der Waals surface area contributed by atoms with Gasteiger partial charge in [-0.15, -0.1) is 0 Å². The fourth-order valence-electron chi connectivity index (χ4n) is 1.83. The van der Waals surface area contributed by atoms with Gasteiger partial charge in [-0.3, -0.25) is 4.79 Å². The highest BCUT2D eigenvalue weighted by Gasteiger charge is 2.15. The monoisotopic (exact) mass is 245 g/mol. The first kappa shape index (κ1) is 12.4. The molecule has 4 heteroatoms. The van der Waals surface area contributed by atoms with Crippen molar-refractivity contribution in [1.29, 1.82) is 0 Å². The lowest BCUT2D eigenvalue weighted by atomic mass is 9.86. The maximum atomic E-state index is 11.6. The highest BCUT2D eigenvalue weighted by Crippen LogP contribution is 2.24. The van der Waals surface area contributed by atoms with Gasteiger partial charge in [0.05, 0.1) is 0 Å². The van der Waals surface area contributed by atoms with Crippen molar-refractivity contribution in [2.75, 3.05) is 0 Å². The zero-order valence-corrected chi connectivity index (χ0v) is 10.6. The van der Waals surface area contributed by atoms with Gasteiger partial charge in [0.1, 0.15) is 5.56 Å². The van der Waals surface area contributed by atoms with E-state index in [4.69, 9.17) is 5.11 Å². The lowest BCUT2D eigenvalue weighted by molar-refractivity contribution is 0.0695. The average molecular weight is 245 g/mol. The SMILES string of the molecule is CC(C)(C)c1ccc2cc(C(=O)O)c(=O)[nH]c2c1. The molecule has 2 rings (SSSR count). The van der Waals surface area contributed by atoms with Crippen LogP contribution in [0.3, 0.4) is 0 Å². The minimum atomic E-state index is -1.21. The van der Waals surface area contributed by atoms with Crippen molar-refractivity contribution in [2.45, 2.75) is 26.2 Å². The molecule has 1 aromatic carbocycles. The van der Waals surface area contributed by atoms with Gasteiger partial charge in [0.15, 0.2) is 0 Å². The van der Waals surface area contributed by atoms with Crippen LogP contribution in [0.15, 0.2) is 29.1 Å². The minimum absolute atomic E-state index is 0.0173. The molecule has 0 amide bonds. The molecule has 0 aliphatic heterocycles. The maximum Gasteiger partial charge on any atom is 0.341 e. The van der Waals surface area contributed by atoms with Crippen LogP contribution >= 0.6 is 0 Å². The number of benzene rings is 1. The van der Waals surface area contributed by atoms with Gasteiger partial charge in [-0.2, -0.15) is 0 Å². The van der Waals surface area contributed by atoms with Crippen LogP contribution < -0.4 is 5.56 Å². The third-order valence-electron chi connectivity index (χ3n) is 2.94. The summed E-state index contributed by atoms with van der Waals surface area (Å²) in [7, 11) is 0. The van der Waals surface area contributed by atoms with Gasteiger partial charge >= 0.3 is 5.97 Å². The van der Waals surface area contributed by atoms with E-state index in [1.807, 2.05) is 18.2 Å². The van der Waals surface area contributed by atoms with Crippen LogP contribution in [0.2, 0.25) is 0 Å². The van der Waals surface area contributed by atoms with Crippen LogP contribution in [0, 0.1) is 0 Å². The quantitative estimate of drug-likeness (QED) is 0.811. The Morgan fingerprint density at radius 1 is 1.22 bits per heavy atom. The number of carbonyl (C=O) groups is 1. The normalized spacial score (nSPS) is 11.7. The fraction of sp³-hybridized carbons (Fsp3) is 0.286. The molecule has 0 saturated carbocycles. The summed E-state index contributed by atoms with van der Waals surface area (Å²) in [5.41, 5.74) is 0.939. The van der Waals surface area contributed by atoms with Crippen LogP contribution in [0.5, 0.6) is 0 Å². The number of pyridine rings is 1. The Kier molecular flexibility index (Phi) is 2.73. The van der Waals surface area contributed by atoms with Crippen molar-refractivity contribution < 1.29 is 9.90 Å². The van der Waals surface area contributed by atoms with Gasteiger partial charge in [-0.25, -0.2) is 4.79 Å². The number of H-pyrrole nitrogens is 1. The third-order valence-corrected chi connectivity index (χ3v) is 2.94. The van der Waals surface area contributed by atoms with E-state index >= 15 is 0 Å². The van der Waals surface area contributed by atoms with E-state index in [1.165, 1.54) is 6.07 Å². The second-order valence-corrected chi connectivity index (χ2v) is 5.37. The highest BCUT2D eigenvalue weighted by atomic mass is 16.4. The second kappa shape index (κ2) is 3.98. The highest BCUT2D eigenvalue weighted by molar-refractivity contribution is 5.92. The molecule has 1 heterocycles. The average Bonchev–Trinajstić information content (AvgIpc) is 2.25. The molecule has 0 aliphatic carbocycles. The van der Waals surface area contributed by atoms with Crippen molar-refractivity contribution >= 4 is 16.9 Å². The van der Waals surface area contributed by atoms with E-state index in [1.54, 1.807) is 0 Å². The van der Waals surface area contributed by atoms with Crippen LogP contribution in [-0.4, -0.2) is 16.1 Å². The van der Waals surface area contributed by atoms with Gasteiger partial charge < -0.3 is 10.1 Å². The van der Waals surface area contributed by atoms with E-state index in [9.17, 15) is 9.59 Å². The number of fused-ring (bicyclic) bond motifs is 1. The Hall–Kier alpha value is -2.10. The Labute approximate surface area is 104 Å². The zero-order chi connectivity index (χ0) is 13.5. The summed E-state index contributed by atoms with van der Waals surface area (Å²) in [6, 6.07) is 7.08. The van der Waals surface area contributed by atoms with E-state index in [0.29, 0.717) is 5.52 Å². The molecule has 2 aromatic rings. The Balaban J connectivity index is 2.71. The number of rotatable bonds is 1. The molecule has 0 fully saturated rings. The van der Waals surface area contributed by atoms with Crippen LogP contribution in [-0.2, 0) is 5.41 Å². The lowest BCUT2D eigenvalue weighted by Crippen LogP contribution is -2.17. The molecular weight excluding hydrogens is 230 g/mol. The van der Waals surface area contributed by atoms with Crippen LogP contribution in [0.1, 0.15) is 36.7 Å². The summed E-state index contributed by atoms with van der Waals surface area (Å²) in [6.07, 6.45) is 0. The number of aromatic nitrogens is 1. The first-order valence-corrected chi connectivity index (χ1v) is 5.70. The van der Waals surface area contributed by atoms with Crippen LogP contribution in [0.4, 0.5) is 0 Å². The molecule has 0 unspecified atom stereocenters. The van der Waals surface area contributed by atoms with E-state index in [2.05, 4.69) is 25.8 Å². The predicted octanol–water partition coefficient (Wildman–Crippen LogP) is 2.52. The van der Waals surface area contributed by atoms with E-state index < -0.39 is 11.5 Å². The molecule has 1 aromatic heterocycles. The molecule has 0 radical (unpaired) electrons. The Morgan fingerprint density at radius 3 is 2.44 bits per heavy atom. The third kappa shape index (κ3) is 2.14. The largest absolute Gasteiger partial charge is 0.477 e. The van der Waals surface area contributed by atoms with Crippen molar-refractivity contribution in [3.63, 3.8) is 0 Å². The summed E-state index contributed by atoms with van der Waals surface area (Å²) >= 11 is 0. The molecule has 2 N–H and O–H groups in total. The number of aromatic amines is 1. The van der Waals surface area contributed by atoms with Crippen molar-refractivity contribution in [3.8, 4) is 0 Å². The summed E-state index contributed by atoms with van der Waals surface area (Å²) < 4.78 is 0. The van der Waals surface area contributed by atoms with Crippen LogP contribution in [0.25, 0.3) is 10.9 Å². The second-order valence-electron chi connectivity index (χ2n) is 5.37. The summed E-state index contributed by atoms with van der Waals surface area (Å²) in [5.74, 6) is -1.21. The van der Waals surface area contributed by atoms with Gasteiger partial charge in [-0.05, 0) is 28.5 Å². The Bertz CT molecular complexity index is 677. The number of nitrogens with one attached hydrogen (secondary N) is 1. The smallest absolute Gasteiger partial charge is 0.341 e. The molecule has 18 heavy (non-hydrogen) atoms. The molecule has 0 atom stereocenters. The number of carboxylic acid groups (broad SMARTS) is 1. The predicted molar refractivity (Wildman–Crippen MR) is 70.2 cm³/mol. The van der Waals surface area contributed by atoms with Gasteiger partial charge in [-0.1, -0.05) is 32.9 Å². The number of carboxylic acids is 1. The van der Waals surface area contributed by atoms with Crippen molar-refractivity contribution in [2.24, 2.45) is 0 Å². The summed E-state index contributed by atoms with van der Waals surface area (Å²) in [4.78, 5) is 25.1. The summed E-state index contributed by atoms with van der Waals surface area (Å²) in [6.45, 7) is 6.24. The maximum absolute atomic E-state index is 11.6. The first-order valence-electron chi connectivity index (χ1n) is 5.70. The molecule has 4 nitrogen and oxygen atoms in total. The molecule has 0 saturated heterocycles. The number of hydrogen-bond donors (Lipinski definition) is 2. The standard InChI is InChI=1S/C14H15NO3/c1-14(2,3)9-5-4-8-6-10(13(17)18)12(16)15-11(8)7-9/h4-7H,1-3H3,(H,15,16)(H,17,18). The molecular formula is C14H15NO3. The Morgan fingerprint density at radius 2 is 1.89 bits per heavy atom. The van der Waals surface area contributed by atoms with Crippen molar-refractivity contribution in [3.05, 3.63) is 45.7 Å². The molecule has 94 valence electrons. The first-order chi connectivity index (χ1) is 8.29. The minimum Gasteiger partial charge on any atom is -0.477 e. The fourth-order valence-corrected chi connectivity index (χ4v) is 1.83. The van der Waals surface area contributed by atoms with Gasteiger partial charge in [0, 0.05) is 5.52 Å². The molecule has 0 spiro atoms.